The third-order valence-electron chi connectivity index (χ3n) is 2.03. The van der Waals surface area contributed by atoms with Crippen LogP contribution < -0.4 is 0 Å². The second-order valence-corrected chi connectivity index (χ2v) is 10.3. The van der Waals surface area contributed by atoms with E-state index in [9.17, 15) is 0 Å². The molecule has 1 rings (SSSR count). The van der Waals surface area contributed by atoms with Crippen molar-refractivity contribution in [1.82, 2.24) is 9.55 Å². The SMILES string of the molecule is C[Si](C)(C)CCOC(C#N)n1ccnc1. The summed E-state index contributed by atoms with van der Waals surface area (Å²) in [7, 11) is -1.08. The molecule has 15 heavy (non-hydrogen) atoms. The van der Waals surface area contributed by atoms with Crippen LogP contribution in [0.25, 0.3) is 0 Å². The van der Waals surface area contributed by atoms with Gasteiger partial charge in [0.05, 0.1) is 6.33 Å². The fraction of sp³-hybridized carbons (Fsp3) is 0.600. The largest absolute Gasteiger partial charge is 0.346 e. The Morgan fingerprint density at radius 1 is 1.53 bits per heavy atom. The smallest absolute Gasteiger partial charge is 0.224 e. The maximum atomic E-state index is 8.91. The molecule has 0 radical (unpaired) electrons. The summed E-state index contributed by atoms with van der Waals surface area (Å²) in [6, 6.07) is 3.18. The molecule has 82 valence electrons. The molecule has 1 aromatic heterocycles. The van der Waals surface area contributed by atoms with E-state index in [-0.39, 0.29) is 0 Å². The molecule has 0 aromatic carbocycles. The molecule has 0 amide bonds. The summed E-state index contributed by atoms with van der Waals surface area (Å²) in [5.74, 6) is 0. The molecule has 1 atom stereocenters. The van der Waals surface area contributed by atoms with E-state index in [2.05, 4.69) is 30.7 Å². The normalized spacial score (nSPS) is 13.5. The summed E-state index contributed by atoms with van der Waals surface area (Å²) >= 11 is 0. The fourth-order valence-corrected chi connectivity index (χ4v) is 1.81. The van der Waals surface area contributed by atoms with Crippen LogP contribution >= 0.6 is 0 Å². The van der Waals surface area contributed by atoms with Crippen molar-refractivity contribution in [3.05, 3.63) is 18.7 Å². The average Bonchev–Trinajstić information content (AvgIpc) is 2.63. The van der Waals surface area contributed by atoms with Gasteiger partial charge in [-0.2, -0.15) is 5.26 Å². The van der Waals surface area contributed by atoms with Crippen LogP contribution in [0.4, 0.5) is 0 Å². The first-order valence-corrected chi connectivity index (χ1v) is 8.72. The zero-order valence-electron chi connectivity index (χ0n) is 9.47. The number of hydrogen-bond acceptors (Lipinski definition) is 3. The molecule has 0 saturated heterocycles. The number of imidazole rings is 1. The summed E-state index contributed by atoms with van der Waals surface area (Å²) in [6.45, 7) is 7.50. The molecule has 1 heterocycles. The predicted octanol–water partition coefficient (Wildman–Crippen LogP) is 2.26. The van der Waals surface area contributed by atoms with Crippen LogP contribution in [0.15, 0.2) is 18.7 Å². The van der Waals surface area contributed by atoms with Crippen molar-refractivity contribution in [3.8, 4) is 6.07 Å². The van der Waals surface area contributed by atoms with Gasteiger partial charge in [0.1, 0.15) is 6.07 Å². The first-order valence-electron chi connectivity index (χ1n) is 5.01. The number of hydrogen-bond donors (Lipinski definition) is 0. The van der Waals surface area contributed by atoms with Crippen molar-refractivity contribution >= 4 is 8.07 Å². The lowest BCUT2D eigenvalue weighted by molar-refractivity contribution is 0.0519. The molecule has 4 nitrogen and oxygen atoms in total. The van der Waals surface area contributed by atoms with Gasteiger partial charge >= 0.3 is 0 Å². The number of nitriles is 1. The van der Waals surface area contributed by atoms with Gasteiger partial charge in [0.25, 0.3) is 0 Å². The van der Waals surface area contributed by atoms with Gasteiger partial charge in [-0.15, -0.1) is 0 Å². The Bertz CT molecular complexity index is 323. The van der Waals surface area contributed by atoms with E-state index in [0.29, 0.717) is 6.61 Å². The molecular weight excluding hydrogens is 206 g/mol. The maximum absolute atomic E-state index is 8.91. The van der Waals surface area contributed by atoms with Crippen molar-refractivity contribution in [3.63, 3.8) is 0 Å². The summed E-state index contributed by atoms with van der Waals surface area (Å²) in [6.07, 6.45) is 4.45. The highest BCUT2D eigenvalue weighted by atomic mass is 28.3. The van der Waals surface area contributed by atoms with Gasteiger partial charge in [0, 0.05) is 27.1 Å². The van der Waals surface area contributed by atoms with Crippen LogP contribution in [0, 0.1) is 11.3 Å². The highest BCUT2D eigenvalue weighted by molar-refractivity contribution is 6.76. The van der Waals surface area contributed by atoms with Gasteiger partial charge in [0.2, 0.25) is 6.23 Å². The highest BCUT2D eigenvalue weighted by Crippen LogP contribution is 2.12. The zero-order valence-corrected chi connectivity index (χ0v) is 10.5. The van der Waals surface area contributed by atoms with Crippen molar-refractivity contribution in [2.75, 3.05) is 6.61 Å². The van der Waals surface area contributed by atoms with Gasteiger partial charge < -0.3 is 4.74 Å². The van der Waals surface area contributed by atoms with Crippen molar-refractivity contribution in [2.45, 2.75) is 31.9 Å². The van der Waals surface area contributed by atoms with Crippen LogP contribution in [-0.2, 0) is 4.74 Å². The minimum absolute atomic E-state index is 0.538. The highest BCUT2D eigenvalue weighted by Gasteiger charge is 2.15. The van der Waals surface area contributed by atoms with Gasteiger partial charge in [-0.1, -0.05) is 19.6 Å². The summed E-state index contributed by atoms with van der Waals surface area (Å²) < 4.78 is 7.18. The Balaban J connectivity index is 2.40. The fourth-order valence-electron chi connectivity index (χ4n) is 1.07. The minimum Gasteiger partial charge on any atom is -0.346 e. The van der Waals surface area contributed by atoms with Crippen molar-refractivity contribution in [2.24, 2.45) is 0 Å². The second-order valence-electron chi connectivity index (χ2n) is 4.67. The molecule has 1 unspecified atom stereocenters. The molecular formula is C10H17N3OSi. The number of nitrogens with zero attached hydrogens (tertiary/aromatic N) is 3. The summed E-state index contributed by atoms with van der Waals surface area (Å²) in [5.41, 5.74) is 0. The Labute approximate surface area is 91.5 Å². The minimum atomic E-state index is -1.08. The summed E-state index contributed by atoms with van der Waals surface area (Å²) in [5, 5.41) is 8.91. The van der Waals surface area contributed by atoms with Crippen LogP contribution in [0.3, 0.4) is 0 Å². The molecule has 1 aromatic rings. The quantitative estimate of drug-likeness (QED) is 0.719. The number of rotatable bonds is 5. The lowest BCUT2D eigenvalue weighted by Crippen LogP contribution is -2.23. The van der Waals surface area contributed by atoms with Crippen molar-refractivity contribution < 1.29 is 4.74 Å². The van der Waals surface area contributed by atoms with Gasteiger partial charge in [-0.3, -0.25) is 4.57 Å². The van der Waals surface area contributed by atoms with Crippen LogP contribution in [0.2, 0.25) is 25.7 Å². The van der Waals surface area contributed by atoms with Gasteiger partial charge in [-0.05, 0) is 6.04 Å². The topological polar surface area (TPSA) is 50.8 Å². The standard InChI is InChI=1S/C10H17N3OSi/c1-15(2,3)7-6-14-10(8-11)13-5-4-12-9-13/h4-5,9-10H,6-7H2,1-3H3. The Hall–Kier alpha value is -1.12. The average molecular weight is 223 g/mol. The Morgan fingerprint density at radius 2 is 2.27 bits per heavy atom. The predicted molar refractivity (Wildman–Crippen MR) is 61.0 cm³/mol. The molecule has 0 spiro atoms. The third kappa shape index (κ3) is 4.28. The van der Waals surface area contributed by atoms with E-state index in [1.54, 1.807) is 23.3 Å². The van der Waals surface area contributed by atoms with E-state index < -0.39 is 14.3 Å². The molecule has 0 bridgehead atoms. The first-order chi connectivity index (χ1) is 7.03. The molecule has 0 aliphatic carbocycles. The van der Waals surface area contributed by atoms with Gasteiger partial charge in [0.15, 0.2) is 0 Å². The molecule has 5 heteroatoms. The maximum Gasteiger partial charge on any atom is 0.224 e. The van der Waals surface area contributed by atoms with Crippen LogP contribution in [0.5, 0.6) is 0 Å². The lowest BCUT2D eigenvalue weighted by Gasteiger charge is -2.17. The van der Waals surface area contributed by atoms with Gasteiger partial charge in [-0.25, -0.2) is 4.98 Å². The van der Waals surface area contributed by atoms with E-state index >= 15 is 0 Å². The molecule has 0 fully saturated rings. The third-order valence-corrected chi connectivity index (χ3v) is 3.74. The van der Waals surface area contributed by atoms with Crippen LogP contribution in [-0.4, -0.2) is 24.2 Å². The molecule has 0 aliphatic rings. The first kappa shape index (κ1) is 11.9. The number of ether oxygens (including phenoxy) is 1. The van der Waals surface area contributed by atoms with E-state index in [0.717, 1.165) is 6.04 Å². The number of aromatic nitrogens is 2. The van der Waals surface area contributed by atoms with Crippen LogP contribution in [0.1, 0.15) is 6.23 Å². The second kappa shape index (κ2) is 5.10. The molecule has 0 aliphatic heterocycles. The van der Waals surface area contributed by atoms with Crippen molar-refractivity contribution in [1.29, 1.82) is 5.26 Å². The monoisotopic (exact) mass is 223 g/mol. The molecule has 0 N–H and O–H groups in total. The van der Waals surface area contributed by atoms with E-state index in [4.69, 9.17) is 10.00 Å². The lowest BCUT2D eigenvalue weighted by atomic mass is 10.6. The zero-order chi connectivity index (χ0) is 11.3. The van der Waals surface area contributed by atoms with E-state index in [1.807, 2.05) is 0 Å². The Kier molecular flexibility index (Phi) is 4.06. The Morgan fingerprint density at radius 3 is 2.73 bits per heavy atom. The summed E-state index contributed by atoms with van der Waals surface area (Å²) in [4.78, 5) is 3.89. The molecule has 0 saturated carbocycles. The van der Waals surface area contributed by atoms with E-state index in [1.165, 1.54) is 0 Å².